The Bertz CT molecular complexity index is 554. The van der Waals surface area contributed by atoms with Crippen LogP contribution in [0, 0.1) is 0 Å². The number of fused-ring (bicyclic) bond motifs is 1. The molecule has 1 atom stereocenters. The molecular weight excluding hydrogens is 312 g/mol. The van der Waals surface area contributed by atoms with Crippen molar-refractivity contribution >= 4 is 17.7 Å². The van der Waals surface area contributed by atoms with Crippen molar-refractivity contribution in [2.75, 3.05) is 20.1 Å². The first kappa shape index (κ1) is 18.1. The largest absolute Gasteiger partial charge is 0.444 e. The lowest BCUT2D eigenvalue weighted by Crippen LogP contribution is -2.35. The maximum atomic E-state index is 11.9. The number of ether oxygens (including phenoxy) is 1. The quantitative estimate of drug-likeness (QED) is 0.819. The molecule has 23 heavy (non-hydrogen) atoms. The highest BCUT2D eigenvalue weighted by Gasteiger charge is 2.22. The van der Waals surface area contributed by atoms with Crippen LogP contribution in [0.5, 0.6) is 0 Å². The Labute approximate surface area is 144 Å². The van der Waals surface area contributed by atoms with Gasteiger partial charge in [-0.1, -0.05) is 17.7 Å². The Balaban J connectivity index is 1.72. The van der Waals surface area contributed by atoms with Gasteiger partial charge < -0.3 is 15.0 Å². The Kier molecular flexibility index (Phi) is 5.93. The van der Waals surface area contributed by atoms with Gasteiger partial charge in [0.05, 0.1) is 0 Å². The lowest BCUT2D eigenvalue weighted by Gasteiger charge is -2.24. The summed E-state index contributed by atoms with van der Waals surface area (Å²) in [5.41, 5.74) is 2.26. The molecule has 0 saturated heterocycles. The molecule has 1 aromatic carbocycles. The first-order chi connectivity index (χ1) is 10.8. The fourth-order valence-electron chi connectivity index (χ4n) is 2.82. The monoisotopic (exact) mass is 338 g/mol. The molecule has 1 aliphatic carbocycles. The standard InChI is InChI=1S/C18H27ClN2O2/c1-18(2,3)23-17(22)21(4)11-5-10-20-16-9-6-13-12-14(19)7-8-15(13)16/h7-8,12,16,20H,5-6,9-11H2,1-4H3. The highest BCUT2D eigenvalue weighted by molar-refractivity contribution is 6.30. The zero-order valence-electron chi connectivity index (χ0n) is 14.5. The molecule has 0 saturated carbocycles. The maximum Gasteiger partial charge on any atom is 0.410 e. The van der Waals surface area contributed by atoms with Crippen LogP contribution >= 0.6 is 11.6 Å². The summed E-state index contributed by atoms with van der Waals surface area (Å²) >= 11 is 6.04. The fourth-order valence-corrected chi connectivity index (χ4v) is 3.02. The Morgan fingerprint density at radius 1 is 1.43 bits per heavy atom. The van der Waals surface area contributed by atoms with E-state index in [0.717, 1.165) is 30.8 Å². The predicted molar refractivity (Wildman–Crippen MR) is 94.0 cm³/mol. The van der Waals surface area contributed by atoms with E-state index in [1.165, 1.54) is 11.1 Å². The van der Waals surface area contributed by atoms with Gasteiger partial charge in [0.1, 0.15) is 5.60 Å². The number of rotatable bonds is 5. The van der Waals surface area contributed by atoms with Crippen LogP contribution in [-0.4, -0.2) is 36.7 Å². The number of hydrogen-bond donors (Lipinski definition) is 1. The Morgan fingerprint density at radius 2 is 2.17 bits per heavy atom. The molecule has 5 heteroatoms. The Hall–Kier alpha value is -1.26. The normalized spacial score (nSPS) is 17.0. The van der Waals surface area contributed by atoms with Crippen molar-refractivity contribution in [2.24, 2.45) is 0 Å². The first-order valence-corrected chi connectivity index (χ1v) is 8.60. The van der Waals surface area contributed by atoms with Gasteiger partial charge in [0.15, 0.2) is 0 Å². The average molecular weight is 339 g/mol. The van der Waals surface area contributed by atoms with Crippen LogP contribution in [0.15, 0.2) is 18.2 Å². The van der Waals surface area contributed by atoms with Crippen LogP contribution in [0.1, 0.15) is 50.8 Å². The van der Waals surface area contributed by atoms with Gasteiger partial charge in [-0.2, -0.15) is 0 Å². The molecule has 2 rings (SSSR count). The number of halogens is 1. The van der Waals surface area contributed by atoms with Gasteiger partial charge in [0.2, 0.25) is 0 Å². The second-order valence-corrected chi connectivity index (χ2v) is 7.58. The van der Waals surface area contributed by atoms with Crippen LogP contribution in [0.25, 0.3) is 0 Å². The van der Waals surface area contributed by atoms with Crippen LogP contribution < -0.4 is 5.32 Å². The van der Waals surface area contributed by atoms with Crippen molar-refractivity contribution in [3.8, 4) is 0 Å². The molecule has 0 radical (unpaired) electrons. The summed E-state index contributed by atoms with van der Waals surface area (Å²) in [6.07, 6.45) is 2.82. The lowest BCUT2D eigenvalue weighted by molar-refractivity contribution is 0.0297. The summed E-state index contributed by atoms with van der Waals surface area (Å²) < 4.78 is 5.34. The topological polar surface area (TPSA) is 41.6 Å². The zero-order chi connectivity index (χ0) is 17.0. The number of amides is 1. The van der Waals surface area contributed by atoms with Crippen molar-refractivity contribution in [3.63, 3.8) is 0 Å². The molecular formula is C18H27ClN2O2. The predicted octanol–water partition coefficient (Wildman–Crippen LogP) is 4.17. The second-order valence-electron chi connectivity index (χ2n) is 7.14. The zero-order valence-corrected chi connectivity index (χ0v) is 15.2. The molecule has 0 spiro atoms. The minimum absolute atomic E-state index is 0.265. The van der Waals surface area contributed by atoms with Crippen LogP contribution in [-0.2, 0) is 11.2 Å². The van der Waals surface area contributed by atoms with Crippen molar-refractivity contribution in [1.29, 1.82) is 0 Å². The lowest BCUT2D eigenvalue weighted by atomic mass is 10.1. The molecule has 1 aromatic rings. The van der Waals surface area contributed by atoms with Gasteiger partial charge in [-0.25, -0.2) is 4.79 Å². The summed E-state index contributed by atoms with van der Waals surface area (Å²) in [5.74, 6) is 0. The summed E-state index contributed by atoms with van der Waals surface area (Å²) in [4.78, 5) is 13.5. The van der Waals surface area contributed by atoms with Crippen LogP contribution in [0.2, 0.25) is 5.02 Å². The van der Waals surface area contributed by atoms with E-state index >= 15 is 0 Å². The van der Waals surface area contributed by atoms with Crippen molar-refractivity contribution in [3.05, 3.63) is 34.3 Å². The van der Waals surface area contributed by atoms with Crippen molar-refractivity contribution in [2.45, 2.75) is 51.7 Å². The van der Waals surface area contributed by atoms with Crippen molar-refractivity contribution in [1.82, 2.24) is 10.2 Å². The van der Waals surface area contributed by atoms with Gasteiger partial charge in [0, 0.05) is 24.7 Å². The number of nitrogens with zero attached hydrogens (tertiary/aromatic N) is 1. The van der Waals surface area contributed by atoms with E-state index < -0.39 is 5.60 Å². The number of hydrogen-bond acceptors (Lipinski definition) is 3. The van der Waals surface area contributed by atoms with E-state index in [9.17, 15) is 4.79 Å². The van der Waals surface area contributed by atoms with E-state index in [2.05, 4.69) is 17.4 Å². The first-order valence-electron chi connectivity index (χ1n) is 8.22. The molecule has 0 fully saturated rings. The van der Waals surface area contributed by atoms with E-state index in [0.29, 0.717) is 12.6 Å². The summed E-state index contributed by atoms with van der Waals surface area (Å²) in [6, 6.07) is 6.54. The van der Waals surface area contributed by atoms with E-state index in [1.807, 2.05) is 26.8 Å². The molecule has 1 amide bonds. The minimum atomic E-state index is -0.446. The molecule has 1 N–H and O–H groups in total. The highest BCUT2D eigenvalue weighted by Crippen LogP contribution is 2.32. The van der Waals surface area contributed by atoms with Crippen molar-refractivity contribution < 1.29 is 9.53 Å². The molecule has 0 bridgehead atoms. The third-order valence-electron chi connectivity index (χ3n) is 3.95. The third-order valence-corrected chi connectivity index (χ3v) is 4.18. The van der Waals surface area contributed by atoms with E-state index in [-0.39, 0.29) is 6.09 Å². The molecule has 1 unspecified atom stereocenters. The highest BCUT2D eigenvalue weighted by atomic mass is 35.5. The summed E-state index contributed by atoms with van der Waals surface area (Å²) in [5, 5.41) is 4.39. The number of nitrogens with one attached hydrogen (secondary N) is 1. The molecule has 0 heterocycles. The molecule has 128 valence electrons. The molecule has 1 aliphatic rings. The molecule has 0 aliphatic heterocycles. The van der Waals surface area contributed by atoms with Gasteiger partial charge >= 0.3 is 6.09 Å². The summed E-state index contributed by atoms with van der Waals surface area (Å²) in [6.45, 7) is 7.19. The SMILES string of the molecule is CN(CCCNC1CCc2cc(Cl)ccc21)C(=O)OC(C)(C)C. The number of carbonyl (C=O) groups is 1. The third kappa shape index (κ3) is 5.40. The van der Waals surface area contributed by atoms with Gasteiger partial charge in [-0.15, -0.1) is 0 Å². The number of aryl methyl sites for hydroxylation is 1. The average Bonchev–Trinajstić information content (AvgIpc) is 2.83. The van der Waals surface area contributed by atoms with E-state index in [1.54, 1.807) is 11.9 Å². The van der Waals surface area contributed by atoms with Crippen LogP contribution in [0.3, 0.4) is 0 Å². The number of carbonyl (C=O) groups excluding carboxylic acids is 1. The Morgan fingerprint density at radius 3 is 2.87 bits per heavy atom. The number of benzene rings is 1. The van der Waals surface area contributed by atoms with Gasteiger partial charge in [-0.3, -0.25) is 0 Å². The van der Waals surface area contributed by atoms with Gasteiger partial charge in [-0.05, 0) is 69.8 Å². The molecule has 4 nitrogen and oxygen atoms in total. The summed E-state index contributed by atoms with van der Waals surface area (Å²) in [7, 11) is 1.78. The maximum absolute atomic E-state index is 11.9. The smallest absolute Gasteiger partial charge is 0.410 e. The molecule has 0 aromatic heterocycles. The minimum Gasteiger partial charge on any atom is -0.444 e. The fraction of sp³-hybridized carbons (Fsp3) is 0.611. The van der Waals surface area contributed by atoms with E-state index in [4.69, 9.17) is 16.3 Å². The van der Waals surface area contributed by atoms with Crippen LogP contribution in [0.4, 0.5) is 4.79 Å². The van der Waals surface area contributed by atoms with Gasteiger partial charge in [0.25, 0.3) is 0 Å². The second kappa shape index (κ2) is 7.54.